The minimum absolute atomic E-state index is 0.218. The summed E-state index contributed by atoms with van der Waals surface area (Å²) in [4.78, 5) is 0. The predicted molar refractivity (Wildman–Crippen MR) is 90.0 cm³/mol. The largest absolute Gasteiger partial charge is 0.503 e. The summed E-state index contributed by atoms with van der Waals surface area (Å²) in [7, 11) is 1.78. The number of phenolic OH excluding ortho intramolecular Hbond substituents is 1. The topological polar surface area (TPSA) is 29.5 Å². The molecule has 0 aliphatic heterocycles. The molecule has 4 heteroatoms. The Hall–Kier alpha value is -1.16. The maximum Gasteiger partial charge on any atom is 0.187 e. The van der Waals surface area contributed by atoms with Crippen molar-refractivity contribution in [3.8, 4) is 5.75 Å². The van der Waals surface area contributed by atoms with Gasteiger partial charge in [-0.15, -0.1) is 0 Å². The van der Waals surface area contributed by atoms with Crippen LogP contribution in [0, 0.1) is 29.4 Å². The molecule has 0 radical (unpaired) electrons. The van der Waals surface area contributed by atoms with Gasteiger partial charge in [-0.2, -0.15) is 0 Å². The summed E-state index contributed by atoms with van der Waals surface area (Å²) in [6.45, 7) is 0.886. The smallest absolute Gasteiger partial charge is 0.187 e. The number of hydrogen-bond acceptors (Lipinski definition) is 2. The fraction of sp³-hybridized carbons (Fsp3) is 0.700. The highest BCUT2D eigenvalue weighted by Gasteiger charge is 2.31. The molecule has 134 valence electrons. The summed E-state index contributed by atoms with van der Waals surface area (Å²) in [6, 6.07) is 2.61. The lowest BCUT2D eigenvalue weighted by molar-refractivity contribution is 0.0968. The van der Waals surface area contributed by atoms with Crippen molar-refractivity contribution in [1.82, 2.24) is 0 Å². The first-order chi connectivity index (χ1) is 11.6. The van der Waals surface area contributed by atoms with E-state index in [4.69, 9.17) is 4.74 Å². The molecule has 1 aromatic rings. The lowest BCUT2D eigenvalue weighted by Crippen LogP contribution is -2.26. The third-order valence-electron chi connectivity index (χ3n) is 6.24. The summed E-state index contributed by atoms with van der Waals surface area (Å²) >= 11 is 0. The first kappa shape index (κ1) is 17.7. The Morgan fingerprint density at radius 3 is 1.92 bits per heavy atom. The SMILES string of the molecule is COCC1CCC(C2CCC(c3cc(F)c(O)c(F)c3)CC2)CC1. The second-order valence-corrected chi connectivity index (χ2v) is 7.68. The van der Waals surface area contributed by atoms with Crippen LogP contribution in [0.4, 0.5) is 8.78 Å². The van der Waals surface area contributed by atoms with Gasteiger partial charge in [0.05, 0.1) is 0 Å². The fourth-order valence-corrected chi connectivity index (χ4v) is 4.81. The van der Waals surface area contributed by atoms with Crippen LogP contribution in [0.25, 0.3) is 0 Å². The Bertz CT molecular complexity index is 522. The summed E-state index contributed by atoms with van der Waals surface area (Å²) < 4.78 is 32.4. The van der Waals surface area contributed by atoms with E-state index in [-0.39, 0.29) is 5.92 Å². The van der Waals surface area contributed by atoms with Gasteiger partial charge in [0.2, 0.25) is 0 Å². The zero-order valence-electron chi connectivity index (χ0n) is 14.4. The van der Waals surface area contributed by atoms with Crippen molar-refractivity contribution in [3.05, 3.63) is 29.3 Å². The van der Waals surface area contributed by atoms with E-state index < -0.39 is 17.4 Å². The number of halogens is 2. The second-order valence-electron chi connectivity index (χ2n) is 7.68. The van der Waals surface area contributed by atoms with Crippen molar-refractivity contribution in [3.63, 3.8) is 0 Å². The first-order valence-electron chi connectivity index (χ1n) is 9.25. The zero-order chi connectivity index (χ0) is 17.1. The highest BCUT2D eigenvalue weighted by atomic mass is 19.1. The monoisotopic (exact) mass is 338 g/mol. The maximum absolute atomic E-state index is 13.6. The molecule has 0 unspecified atom stereocenters. The van der Waals surface area contributed by atoms with Crippen LogP contribution < -0.4 is 0 Å². The van der Waals surface area contributed by atoms with Crippen LogP contribution in [-0.2, 0) is 4.74 Å². The molecule has 0 aromatic heterocycles. The summed E-state index contributed by atoms with van der Waals surface area (Å²) in [5.41, 5.74) is 0.699. The average molecular weight is 338 g/mol. The Labute approximate surface area is 143 Å². The van der Waals surface area contributed by atoms with Gasteiger partial charge in [0.15, 0.2) is 17.4 Å². The van der Waals surface area contributed by atoms with Gasteiger partial charge in [-0.1, -0.05) is 0 Å². The maximum atomic E-state index is 13.6. The molecule has 2 aliphatic rings. The van der Waals surface area contributed by atoms with Gasteiger partial charge in [-0.05, 0) is 92.7 Å². The van der Waals surface area contributed by atoms with Gasteiger partial charge in [0.25, 0.3) is 0 Å². The van der Waals surface area contributed by atoms with Crippen LogP contribution in [0.3, 0.4) is 0 Å². The highest BCUT2D eigenvalue weighted by molar-refractivity contribution is 5.32. The van der Waals surface area contributed by atoms with Gasteiger partial charge in [-0.3, -0.25) is 0 Å². The molecule has 2 nitrogen and oxygen atoms in total. The van der Waals surface area contributed by atoms with Crippen molar-refractivity contribution in [2.45, 2.75) is 57.3 Å². The minimum Gasteiger partial charge on any atom is -0.503 e. The number of hydrogen-bond donors (Lipinski definition) is 1. The number of ether oxygens (including phenoxy) is 1. The van der Waals surface area contributed by atoms with Gasteiger partial charge < -0.3 is 9.84 Å². The number of benzene rings is 1. The molecule has 0 atom stereocenters. The molecule has 1 aromatic carbocycles. The fourth-order valence-electron chi connectivity index (χ4n) is 4.81. The molecule has 2 aliphatic carbocycles. The van der Waals surface area contributed by atoms with E-state index in [0.717, 1.165) is 50.0 Å². The van der Waals surface area contributed by atoms with Crippen LogP contribution in [0.5, 0.6) is 5.75 Å². The molecular formula is C20H28F2O2. The van der Waals surface area contributed by atoms with E-state index >= 15 is 0 Å². The van der Waals surface area contributed by atoms with E-state index in [1.165, 1.54) is 37.8 Å². The minimum atomic E-state index is -0.861. The summed E-state index contributed by atoms with van der Waals surface area (Å²) in [6.07, 6.45) is 9.42. The molecule has 0 heterocycles. The van der Waals surface area contributed by atoms with Gasteiger partial charge in [-0.25, -0.2) is 8.78 Å². The van der Waals surface area contributed by atoms with E-state index in [1.54, 1.807) is 7.11 Å². The summed E-state index contributed by atoms with van der Waals surface area (Å²) in [5, 5.41) is 9.24. The molecule has 0 saturated heterocycles. The van der Waals surface area contributed by atoms with Crippen LogP contribution >= 0.6 is 0 Å². The quantitative estimate of drug-likeness (QED) is 0.797. The molecule has 0 bridgehead atoms. The lowest BCUT2D eigenvalue weighted by Gasteiger charge is -2.38. The molecule has 24 heavy (non-hydrogen) atoms. The Balaban J connectivity index is 1.53. The third-order valence-corrected chi connectivity index (χ3v) is 6.24. The number of methoxy groups -OCH3 is 1. The van der Waals surface area contributed by atoms with Crippen molar-refractivity contribution >= 4 is 0 Å². The number of aromatic hydroxyl groups is 1. The Morgan fingerprint density at radius 1 is 0.917 bits per heavy atom. The highest BCUT2D eigenvalue weighted by Crippen LogP contribution is 2.44. The molecule has 0 amide bonds. The van der Waals surface area contributed by atoms with Crippen LogP contribution in [-0.4, -0.2) is 18.8 Å². The Kier molecular flexibility index (Phi) is 5.75. The van der Waals surface area contributed by atoms with Gasteiger partial charge in [0.1, 0.15) is 0 Å². The van der Waals surface area contributed by atoms with Crippen LogP contribution in [0.2, 0.25) is 0 Å². The van der Waals surface area contributed by atoms with Crippen molar-refractivity contribution in [2.24, 2.45) is 17.8 Å². The molecule has 1 N–H and O–H groups in total. The van der Waals surface area contributed by atoms with Gasteiger partial charge >= 0.3 is 0 Å². The van der Waals surface area contributed by atoms with Gasteiger partial charge in [0, 0.05) is 13.7 Å². The molecule has 0 spiro atoms. The van der Waals surface area contributed by atoms with E-state index in [1.807, 2.05) is 0 Å². The normalized spacial score (nSPS) is 31.1. The molecular weight excluding hydrogens is 310 g/mol. The molecule has 2 fully saturated rings. The second kappa shape index (κ2) is 7.81. The van der Waals surface area contributed by atoms with E-state index in [2.05, 4.69) is 0 Å². The lowest BCUT2D eigenvalue weighted by atomic mass is 9.68. The van der Waals surface area contributed by atoms with Crippen LogP contribution in [0.1, 0.15) is 62.8 Å². The number of phenols is 1. The number of rotatable bonds is 4. The predicted octanol–water partition coefficient (Wildman–Crippen LogP) is 5.40. The van der Waals surface area contributed by atoms with E-state index in [9.17, 15) is 13.9 Å². The van der Waals surface area contributed by atoms with Crippen LogP contribution in [0.15, 0.2) is 12.1 Å². The first-order valence-corrected chi connectivity index (χ1v) is 9.25. The Morgan fingerprint density at radius 2 is 1.42 bits per heavy atom. The molecule has 2 saturated carbocycles. The standard InChI is InChI=1S/C20H28F2O2/c1-24-12-13-2-4-14(5-3-13)15-6-8-16(9-7-15)17-10-18(21)20(23)19(22)11-17/h10-11,13-16,23H,2-9,12H2,1H3. The third kappa shape index (κ3) is 3.90. The zero-order valence-corrected chi connectivity index (χ0v) is 14.4. The van der Waals surface area contributed by atoms with Crippen molar-refractivity contribution < 1.29 is 18.6 Å². The molecule has 3 rings (SSSR count). The van der Waals surface area contributed by atoms with Crippen molar-refractivity contribution in [2.75, 3.05) is 13.7 Å². The average Bonchev–Trinajstić information content (AvgIpc) is 2.60. The summed E-state index contributed by atoms with van der Waals surface area (Å²) in [5.74, 6) is -0.0300. The van der Waals surface area contributed by atoms with Crippen molar-refractivity contribution in [1.29, 1.82) is 0 Å². The van der Waals surface area contributed by atoms with E-state index in [0.29, 0.717) is 5.56 Å².